The molecule has 0 heterocycles. The van der Waals surface area contributed by atoms with Gasteiger partial charge in [-0.3, -0.25) is 4.79 Å². The molecule has 5 N–H and O–H groups in total. The quantitative estimate of drug-likeness (QED) is 0.511. The fourth-order valence-electron chi connectivity index (χ4n) is 1.50. The molecule has 0 aliphatic carbocycles. The smallest absolute Gasteiger partial charge is 0.256 e. The highest BCUT2D eigenvalue weighted by Gasteiger charge is 2.16. The maximum absolute atomic E-state index is 12.1. The third kappa shape index (κ3) is 3.22. The maximum atomic E-state index is 12.1. The normalized spacial score (nSPS) is 9.94. The summed E-state index contributed by atoms with van der Waals surface area (Å²) in [6.07, 6.45) is 1.60. The molecule has 0 fully saturated rings. The predicted octanol–water partition coefficient (Wildman–Crippen LogP) is 0.472. The molecule has 0 aliphatic rings. The molecule has 17 heavy (non-hydrogen) atoms. The molecule has 0 bridgehead atoms. The lowest BCUT2D eigenvalue weighted by Crippen LogP contribution is -2.34. The number of hydrogen-bond donors (Lipinski definition) is 3. The van der Waals surface area contributed by atoms with Gasteiger partial charge in [-0.25, -0.2) is 0 Å². The van der Waals surface area contributed by atoms with Gasteiger partial charge in [-0.1, -0.05) is 6.08 Å². The van der Waals surface area contributed by atoms with Crippen molar-refractivity contribution < 1.29 is 9.90 Å². The van der Waals surface area contributed by atoms with Crippen LogP contribution in [-0.2, 0) is 0 Å². The first-order valence-electron chi connectivity index (χ1n) is 5.26. The van der Waals surface area contributed by atoms with Crippen LogP contribution in [0.4, 0.5) is 11.4 Å². The molecule has 1 aromatic carbocycles. The Morgan fingerprint density at radius 3 is 2.71 bits per heavy atom. The number of nitrogens with two attached hydrogens (primary N) is 2. The van der Waals surface area contributed by atoms with Crippen molar-refractivity contribution in [2.45, 2.75) is 0 Å². The molecule has 1 aromatic rings. The zero-order chi connectivity index (χ0) is 12.8. The molecule has 1 rings (SSSR count). The van der Waals surface area contributed by atoms with Crippen LogP contribution < -0.4 is 11.5 Å². The summed E-state index contributed by atoms with van der Waals surface area (Å²) < 4.78 is 0. The predicted molar refractivity (Wildman–Crippen MR) is 68.5 cm³/mol. The minimum Gasteiger partial charge on any atom is -0.399 e. The molecule has 92 valence electrons. The topological polar surface area (TPSA) is 92.6 Å². The van der Waals surface area contributed by atoms with E-state index in [1.165, 1.54) is 11.0 Å². The van der Waals surface area contributed by atoms with Crippen molar-refractivity contribution in [3.05, 3.63) is 36.4 Å². The van der Waals surface area contributed by atoms with Gasteiger partial charge in [0.1, 0.15) is 0 Å². The molecule has 0 radical (unpaired) electrons. The van der Waals surface area contributed by atoms with E-state index in [4.69, 9.17) is 16.6 Å². The van der Waals surface area contributed by atoms with Gasteiger partial charge in [0.05, 0.1) is 12.2 Å². The Labute approximate surface area is 100 Å². The van der Waals surface area contributed by atoms with Gasteiger partial charge < -0.3 is 21.5 Å². The summed E-state index contributed by atoms with van der Waals surface area (Å²) in [6, 6.07) is 4.74. The highest BCUT2D eigenvalue weighted by Crippen LogP contribution is 2.17. The summed E-state index contributed by atoms with van der Waals surface area (Å²) in [5, 5.41) is 8.89. The van der Waals surface area contributed by atoms with E-state index in [0.29, 0.717) is 23.5 Å². The van der Waals surface area contributed by atoms with Crippen molar-refractivity contribution in [1.82, 2.24) is 4.90 Å². The Kier molecular flexibility index (Phi) is 4.54. The Morgan fingerprint density at radius 2 is 2.18 bits per heavy atom. The van der Waals surface area contributed by atoms with Gasteiger partial charge in [0, 0.05) is 24.5 Å². The molecular formula is C12H17N3O2. The summed E-state index contributed by atoms with van der Waals surface area (Å²) in [5.41, 5.74) is 12.5. The van der Waals surface area contributed by atoms with E-state index in [0.717, 1.165) is 0 Å². The zero-order valence-corrected chi connectivity index (χ0v) is 9.60. The monoisotopic (exact) mass is 235 g/mol. The van der Waals surface area contributed by atoms with Crippen molar-refractivity contribution >= 4 is 17.3 Å². The largest absolute Gasteiger partial charge is 0.399 e. The number of aliphatic hydroxyl groups excluding tert-OH is 1. The Balaban J connectivity index is 2.96. The van der Waals surface area contributed by atoms with Crippen LogP contribution in [0, 0.1) is 0 Å². The molecule has 0 saturated heterocycles. The lowest BCUT2D eigenvalue weighted by Gasteiger charge is -2.20. The number of aliphatic hydroxyl groups is 1. The van der Waals surface area contributed by atoms with Gasteiger partial charge in [0.2, 0.25) is 0 Å². The van der Waals surface area contributed by atoms with Gasteiger partial charge in [-0.15, -0.1) is 6.58 Å². The number of benzene rings is 1. The Bertz CT molecular complexity index is 418. The van der Waals surface area contributed by atoms with E-state index in [2.05, 4.69) is 6.58 Å². The van der Waals surface area contributed by atoms with E-state index in [-0.39, 0.29) is 19.1 Å². The molecule has 0 unspecified atom stereocenters. The summed E-state index contributed by atoms with van der Waals surface area (Å²) >= 11 is 0. The number of nitrogens with zero attached hydrogens (tertiary/aromatic N) is 1. The Morgan fingerprint density at radius 1 is 1.47 bits per heavy atom. The first-order chi connectivity index (χ1) is 8.10. The molecule has 5 nitrogen and oxygen atoms in total. The van der Waals surface area contributed by atoms with Crippen molar-refractivity contribution in [3.8, 4) is 0 Å². The van der Waals surface area contributed by atoms with E-state index >= 15 is 0 Å². The van der Waals surface area contributed by atoms with Gasteiger partial charge in [0.15, 0.2) is 0 Å². The molecule has 0 spiro atoms. The lowest BCUT2D eigenvalue weighted by molar-refractivity contribution is 0.0744. The number of hydrogen-bond acceptors (Lipinski definition) is 4. The fourth-order valence-corrected chi connectivity index (χ4v) is 1.50. The molecule has 0 saturated carbocycles. The van der Waals surface area contributed by atoms with Crippen LogP contribution in [0.5, 0.6) is 0 Å². The van der Waals surface area contributed by atoms with E-state index < -0.39 is 0 Å². The van der Waals surface area contributed by atoms with Crippen LogP contribution in [0.1, 0.15) is 10.4 Å². The van der Waals surface area contributed by atoms with Crippen molar-refractivity contribution in [3.63, 3.8) is 0 Å². The van der Waals surface area contributed by atoms with Crippen LogP contribution in [0.25, 0.3) is 0 Å². The summed E-state index contributed by atoms with van der Waals surface area (Å²) in [6.45, 7) is 4.07. The third-order valence-corrected chi connectivity index (χ3v) is 2.31. The van der Waals surface area contributed by atoms with E-state index in [1.54, 1.807) is 18.2 Å². The second kappa shape index (κ2) is 5.91. The van der Waals surface area contributed by atoms with Crippen molar-refractivity contribution in [1.29, 1.82) is 0 Å². The maximum Gasteiger partial charge on any atom is 0.256 e. The number of nitrogen functional groups attached to an aromatic ring is 2. The summed E-state index contributed by atoms with van der Waals surface area (Å²) in [4.78, 5) is 13.6. The van der Waals surface area contributed by atoms with Gasteiger partial charge in [0.25, 0.3) is 5.91 Å². The molecule has 5 heteroatoms. The van der Waals surface area contributed by atoms with E-state index in [9.17, 15) is 4.79 Å². The molecule has 0 aliphatic heterocycles. The van der Waals surface area contributed by atoms with Crippen LogP contribution >= 0.6 is 0 Å². The number of carbonyl (C=O) groups excluding carboxylic acids is 1. The average molecular weight is 235 g/mol. The summed E-state index contributed by atoms with van der Waals surface area (Å²) in [5.74, 6) is -0.239. The number of amides is 1. The van der Waals surface area contributed by atoms with Gasteiger partial charge in [-0.05, 0) is 18.2 Å². The minimum atomic E-state index is -0.239. The second-order valence-electron chi connectivity index (χ2n) is 3.61. The van der Waals surface area contributed by atoms with Crippen LogP contribution in [0.2, 0.25) is 0 Å². The van der Waals surface area contributed by atoms with E-state index in [1.807, 2.05) is 0 Å². The first kappa shape index (κ1) is 13.1. The standard InChI is InChI=1S/C12H17N3O2/c1-2-5-15(6-7-16)12(17)10-4-3-9(13)8-11(10)14/h2-4,8,16H,1,5-7,13-14H2. The SMILES string of the molecule is C=CCN(CCO)C(=O)c1ccc(N)cc1N. The van der Waals surface area contributed by atoms with Crippen LogP contribution in [0.15, 0.2) is 30.9 Å². The number of anilines is 2. The number of rotatable bonds is 5. The lowest BCUT2D eigenvalue weighted by atomic mass is 10.1. The first-order valence-corrected chi connectivity index (χ1v) is 5.26. The van der Waals surface area contributed by atoms with Gasteiger partial charge >= 0.3 is 0 Å². The Hall–Kier alpha value is -2.01. The third-order valence-electron chi connectivity index (χ3n) is 2.31. The second-order valence-corrected chi connectivity index (χ2v) is 3.61. The van der Waals surface area contributed by atoms with Crippen molar-refractivity contribution in [2.75, 3.05) is 31.2 Å². The van der Waals surface area contributed by atoms with Crippen LogP contribution in [0.3, 0.4) is 0 Å². The van der Waals surface area contributed by atoms with Gasteiger partial charge in [-0.2, -0.15) is 0 Å². The highest BCUT2D eigenvalue weighted by molar-refractivity contribution is 5.99. The minimum absolute atomic E-state index is 0.103. The molecule has 0 aromatic heterocycles. The average Bonchev–Trinajstić information content (AvgIpc) is 2.28. The fraction of sp³-hybridized carbons (Fsp3) is 0.250. The molecule has 1 amide bonds. The summed E-state index contributed by atoms with van der Waals surface area (Å²) in [7, 11) is 0. The molecule has 0 atom stereocenters. The number of carbonyl (C=O) groups is 1. The zero-order valence-electron chi connectivity index (χ0n) is 9.60. The molecular weight excluding hydrogens is 218 g/mol. The van der Waals surface area contributed by atoms with Crippen LogP contribution in [-0.4, -0.2) is 35.6 Å². The van der Waals surface area contributed by atoms with Crippen molar-refractivity contribution in [2.24, 2.45) is 0 Å². The highest BCUT2D eigenvalue weighted by atomic mass is 16.3.